The topological polar surface area (TPSA) is 62.3 Å². The van der Waals surface area contributed by atoms with E-state index in [-0.39, 0.29) is 0 Å². The second kappa shape index (κ2) is 9.71. The first-order chi connectivity index (χ1) is 15.0. The van der Waals surface area contributed by atoms with Crippen molar-refractivity contribution in [1.82, 2.24) is 15.3 Å². The number of hydrogen-bond donors (Lipinski definition) is 2. The number of ether oxygens (including phenoxy) is 1. The lowest BCUT2D eigenvalue weighted by atomic mass is 9.91. The van der Waals surface area contributed by atoms with Gasteiger partial charge in [-0.2, -0.15) is 4.98 Å². The van der Waals surface area contributed by atoms with Crippen molar-refractivity contribution in [2.24, 2.45) is 0 Å². The Hall–Kier alpha value is -2.57. The Bertz CT molecular complexity index is 1030. The third kappa shape index (κ3) is 5.20. The smallest absolute Gasteiger partial charge is 0.225 e. The zero-order valence-electron chi connectivity index (χ0n) is 18.4. The number of nitrogens with one attached hydrogen (secondary N) is 2. The fraction of sp³-hybridized carbons (Fsp3) is 0.417. The molecular formula is C24H30ClN5O. The summed E-state index contributed by atoms with van der Waals surface area (Å²) in [5.41, 5.74) is 2.10. The molecule has 0 amide bonds. The van der Waals surface area contributed by atoms with Gasteiger partial charge in [0.15, 0.2) is 0 Å². The van der Waals surface area contributed by atoms with E-state index in [0.717, 1.165) is 60.3 Å². The average molecular weight is 440 g/mol. The molecule has 1 fully saturated rings. The van der Waals surface area contributed by atoms with Crippen molar-refractivity contribution in [1.29, 1.82) is 0 Å². The molecule has 2 N–H and O–H groups in total. The second-order valence-corrected chi connectivity index (χ2v) is 8.75. The summed E-state index contributed by atoms with van der Waals surface area (Å²) in [5, 5.41) is 9.02. The highest BCUT2D eigenvalue weighted by molar-refractivity contribution is 6.30. The van der Waals surface area contributed by atoms with Crippen LogP contribution in [0.2, 0.25) is 5.02 Å². The molecule has 4 rings (SSSR count). The van der Waals surface area contributed by atoms with Crippen molar-refractivity contribution in [2.75, 3.05) is 31.4 Å². The molecule has 1 saturated carbocycles. The van der Waals surface area contributed by atoms with Crippen LogP contribution in [0.4, 0.5) is 11.8 Å². The van der Waals surface area contributed by atoms with Gasteiger partial charge < -0.3 is 20.3 Å². The maximum Gasteiger partial charge on any atom is 0.225 e. The van der Waals surface area contributed by atoms with Crippen molar-refractivity contribution >= 4 is 34.3 Å². The number of halogens is 1. The molecule has 2 aromatic carbocycles. The average Bonchev–Trinajstić information content (AvgIpc) is 2.78. The minimum atomic E-state index is 0.388. The molecule has 0 unspecified atom stereocenters. The highest BCUT2D eigenvalue weighted by Gasteiger charge is 2.22. The van der Waals surface area contributed by atoms with Crippen molar-refractivity contribution in [3.63, 3.8) is 0 Å². The predicted molar refractivity (Wildman–Crippen MR) is 128 cm³/mol. The fourth-order valence-corrected chi connectivity index (χ4v) is 4.37. The lowest BCUT2D eigenvalue weighted by Gasteiger charge is -2.30. The van der Waals surface area contributed by atoms with Crippen LogP contribution in [0.15, 0.2) is 42.5 Å². The van der Waals surface area contributed by atoms with Gasteiger partial charge >= 0.3 is 0 Å². The van der Waals surface area contributed by atoms with Gasteiger partial charge in [-0.1, -0.05) is 29.8 Å². The van der Waals surface area contributed by atoms with E-state index >= 15 is 0 Å². The van der Waals surface area contributed by atoms with Gasteiger partial charge in [0.2, 0.25) is 5.95 Å². The minimum absolute atomic E-state index is 0.388. The van der Waals surface area contributed by atoms with Crippen molar-refractivity contribution in [3.8, 4) is 5.75 Å². The number of methoxy groups -OCH3 is 1. The van der Waals surface area contributed by atoms with E-state index in [4.69, 9.17) is 26.3 Å². The summed E-state index contributed by atoms with van der Waals surface area (Å²) >= 11 is 6.07. The molecule has 0 atom stereocenters. The van der Waals surface area contributed by atoms with Crippen LogP contribution in [0.3, 0.4) is 0 Å². The Balaban J connectivity index is 1.34. The quantitative estimate of drug-likeness (QED) is 0.547. The van der Waals surface area contributed by atoms with Crippen LogP contribution in [-0.2, 0) is 6.54 Å². The van der Waals surface area contributed by atoms with E-state index in [1.165, 1.54) is 0 Å². The third-order valence-corrected chi connectivity index (χ3v) is 6.13. The van der Waals surface area contributed by atoms with E-state index in [1.54, 1.807) is 7.11 Å². The molecule has 0 spiro atoms. The standard InChI is InChI=1S/C24H30ClN5O/c1-30(2)23-20-6-4-5-7-21(20)28-24(29-23)27-19-12-10-18(11-13-19)26-15-16-8-9-17(25)14-22(16)31-3/h4-9,14,18-19,26H,10-13,15H2,1-3H3,(H,27,28,29)/t18-,19+. The summed E-state index contributed by atoms with van der Waals surface area (Å²) < 4.78 is 5.45. The predicted octanol–water partition coefficient (Wildman–Crippen LogP) is 4.87. The van der Waals surface area contributed by atoms with Gasteiger partial charge in [0.25, 0.3) is 0 Å². The molecular weight excluding hydrogens is 410 g/mol. The number of fused-ring (bicyclic) bond motifs is 1. The summed E-state index contributed by atoms with van der Waals surface area (Å²) in [7, 11) is 5.72. The van der Waals surface area contributed by atoms with Crippen LogP contribution in [0.5, 0.6) is 5.75 Å². The molecule has 3 aromatic rings. The largest absolute Gasteiger partial charge is 0.496 e. The Labute approximate surface area is 189 Å². The molecule has 0 bridgehead atoms. The molecule has 6 nitrogen and oxygen atoms in total. The normalized spacial score (nSPS) is 18.7. The van der Waals surface area contributed by atoms with Gasteiger partial charge in [-0.3, -0.25) is 0 Å². The Morgan fingerprint density at radius 3 is 2.52 bits per heavy atom. The van der Waals surface area contributed by atoms with Crippen LogP contribution in [0.1, 0.15) is 31.2 Å². The third-order valence-electron chi connectivity index (χ3n) is 5.90. The number of nitrogens with zero attached hydrogens (tertiary/aromatic N) is 3. The monoisotopic (exact) mass is 439 g/mol. The van der Waals surface area contributed by atoms with E-state index < -0.39 is 0 Å². The number of hydrogen-bond acceptors (Lipinski definition) is 6. The fourth-order valence-electron chi connectivity index (χ4n) is 4.21. The highest BCUT2D eigenvalue weighted by atomic mass is 35.5. The van der Waals surface area contributed by atoms with Crippen LogP contribution < -0.4 is 20.3 Å². The van der Waals surface area contributed by atoms with Gasteiger partial charge in [-0.15, -0.1) is 0 Å². The van der Waals surface area contributed by atoms with Gasteiger partial charge in [0.1, 0.15) is 11.6 Å². The van der Waals surface area contributed by atoms with E-state index in [0.29, 0.717) is 23.1 Å². The Morgan fingerprint density at radius 1 is 1.03 bits per heavy atom. The first-order valence-electron chi connectivity index (χ1n) is 10.8. The van der Waals surface area contributed by atoms with E-state index in [2.05, 4.69) is 16.7 Å². The van der Waals surface area contributed by atoms with Gasteiger partial charge in [-0.25, -0.2) is 4.98 Å². The van der Waals surface area contributed by atoms with Crippen molar-refractivity contribution in [3.05, 3.63) is 53.1 Å². The second-order valence-electron chi connectivity index (χ2n) is 8.31. The minimum Gasteiger partial charge on any atom is -0.496 e. The van der Waals surface area contributed by atoms with Crippen LogP contribution in [-0.4, -0.2) is 43.3 Å². The van der Waals surface area contributed by atoms with E-state index in [1.807, 2.05) is 55.4 Å². The lowest BCUT2D eigenvalue weighted by molar-refractivity contribution is 0.348. The van der Waals surface area contributed by atoms with Gasteiger partial charge in [-0.05, 0) is 49.9 Å². The molecule has 1 aromatic heterocycles. The summed E-state index contributed by atoms with van der Waals surface area (Å²) in [6.07, 6.45) is 4.40. The molecule has 0 aliphatic heterocycles. The summed E-state index contributed by atoms with van der Waals surface area (Å²) in [4.78, 5) is 11.6. The lowest BCUT2D eigenvalue weighted by Crippen LogP contribution is -2.37. The van der Waals surface area contributed by atoms with Crippen LogP contribution in [0, 0.1) is 0 Å². The molecule has 0 saturated heterocycles. The highest BCUT2D eigenvalue weighted by Crippen LogP contribution is 2.27. The van der Waals surface area contributed by atoms with Crippen LogP contribution >= 0.6 is 11.6 Å². The number of para-hydroxylation sites is 1. The number of benzene rings is 2. The maximum absolute atomic E-state index is 6.07. The van der Waals surface area contributed by atoms with Crippen molar-refractivity contribution in [2.45, 2.75) is 44.3 Å². The molecule has 164 valence electrons. The summed E-state index contributed by atoms with van der Waals surface area (Å²) in [6, 6.07) is 14.8. The number of rotatable bonds is 7. The SMILES string of the molecule is COc1cc(Cl)ccc1CN[C@H]1CC[C@@H](Nc2nc(N(C)C)c3ccccc3n2)CC1. The van der Waals surface area contributed by atoms with Gasteiger partial charge in [0.05, 0.1) is 12.6 Å². The molecule has 7 heteroatoms. The van der Waals surface area contributed by atoms with Gasteiger partial charge in [0, 0.05) is 48.7 Å². The Kier molecular flexibility index (Phi) is 6.78. The zero-order chi connectivity index (χ0) is 21.8. The number of aromatic nitrogens is 2. The zero-order valence-corrected chi connectivity index (χ0v) is 19.1. The summed E-state index contributed by atoms with van der Waals surface area (Å²) in [6.45, 7) is 0.781. The first kappa shape index (κ1) is 21.7. The van der Waals surface area contributed by atoms with E-state index in [9.17, 15) is 0 Å². The summed E-state index contributed by atoms with van der Waals surface area (Å²) in [5.74, 6) is 2.49. The van der Waals surface area contributed by atoms with Crippen LogP contribution in [0.25, 0.3) is 10.9 Å². The molecule has 1 aliphatic rings. The molecule has 31 heavy (non-hydrogen) atoms. The Morgan fingerprint density at radius 2 is 1.77 bits per heavy atom. The first-order valence-corrected chi connectivity index (χ1v) is 11.2. The number of anilines is 2. The van der Waals surface area contributed by atoms with Crippen molar-refractivity contribution < 1.29 is 4.74 Å². The maximum atomic E-state index is 6.07. The molecule has 1 heterocycles. The molecule has 1 aliphatic carbocycles. The molecule has 0 radical (unpaired) electrons.